The van der Waals surface area contributed by atoms with Crippen molar-refractivity contribution in [3.63, 3.8) is 0 Å². The summed E-state index contributed by atoms with van der Waals surface area (Å²) < 4.78 is 1.79. The highest BCUT2D eigenvalue weighted by molar-refractivity contribution is 7.71. The Morgan fingerprint density at radius 2 is 1.96 bits per heavy atom. The zero-order valence-corrected chi connectivity index (χ0v) is 17.1. The molecule has 3 rings (SSSR count). The van der Waals surface area contributed by atoms with Crippen LogP contribution in [0.1, 0.15) is 29.5 Å². The number of nitrogens with one attached hydrogen (secondary N) is 2. The van der Waals surface area contributed by atoms with E-state index in [1.807, 2.05) is 18.2 Å². The van der Waals surface area contributed by atoms with Crippen LogP contribution < -0.4 is 10.9 Å². The summed E-state index contributed by atoms with van der Waals surface area (Å²) in [4.78, 5) is 27.8. The maximum atomic E-state index is 12.6. The Morgan fingerprint density at radius 1 is 1.18 bits per heavy atom. The van der Waals surface area contributed by atoms with E-state index in [0.717, 1.165) is 12.8 Å². The van der Waals surface area contributed by atoms with Gasteiger partial charge in [-0.1, -0.05) is 35.9 Å². The molecular formula is C22H25N3O2S. The summed E-state index contributed by atoms with van der Waals surface area (Å²) in [6, 6.07) is 13.7. The Kier molecular flexibility index (Phi) is 6.41. The fraction of sp³-hybridized carbons (Fsp3) is 0.318. The molecule has 0 spiro atoms. The number of para-hydroxylation sites is 1. The van der Waals surface area contributed by atoms with Gasteiger partial charge in [-0.25, -0.2) is 0 Å². The summed E-state index contributed by atoms with van der Waals surface area (Å²) in [5.41, 5.74) is 4.41. The van der Waals surface area contributed by atoms with E-state index in [-0.39, 0.29) is 24.4 Å². The van der Waals surface area contributed by atoms with Gasteiger partial charge >= 0.3 is 0 Å². The fourth-order valence-electron chi connectivity index (χ4n) is 3.34. The van der Waals surface area contributed by atoms with Gasteiger partial charge in [0, 0.05) is 19.5 Å². The molecule has 0 saturated carbocycles. The van der Waals surface area contributed by atoms with Crippen molar-refractivity contribution in [1.29, 1.82) is 0 Å². The fourth-order valence-corrected chi connectivity index (χ4v) is 3.62. The number of aromatic amines is 1. The van der Waals surface area contributed by atoms with Gasteiger partial charge in [-0.05, 0) is 62.2 Å². The van der Waals surface area contributed by atoms with Crippen molar-refractivity contribution >= 4 is 29.0 Å². The SMILES string of the molecule is Cc1ccc(CCCNC(=O)CCn2c(=S)[nH]c3ccccc3c2=O)c(C)c1. The van der Waals surface area contributed by atoms with Gasteiger partial charge in [0.1, 0.15) is 0 Å². The van der Waals surface area contributed by atoms with Crippen LogP contribution in [0.3, 0.4) is 0 Å². The molecule has 0 radical (unpaired) electrons. The van der Waals surface area contributed by atoms with E-state index in [4.69, 9.17) is 12.2 Å². The lowest BCUT2D eigenvalue weighted by molar-refractivity contribution is -0.121. The van der Waals surface area contributed by atoms with E-state index in [2.05, 4.69) is 42.3 Å². The van der Waals surface area contributed by atoms with Gasteiger partial charge in [-0.15, -0.1) is 0 Å². The molecule has 0 fully saturated rings. The summed E-state index contributed by atoms with van der Waals surface area (Å²) in [6.45, 7) is 5.09. The first-order valence-electron chi connectivity index (χ1n) is 9.50. The van der Waals surface area contributed by atoms with E-state index in [1.54, 1.807) is 6.07 Å². The first-order valence-corrected chi connectivity index (χ1v) is 9.91. The topological polar surface area (TPSA) is 66.9 Å². The van der Waals surface area contributed by atoms with E-state index in [1.165, 1.54) is 21.3 Å². The highest BCUT2D eigenvalue weighted by Gasteiger charge is 2.08. The minimum Gasteiger partial charge on any atom is -0.356 e. The number of rotatable bonds is 7. The van der Waals surface area contributed by atoms with Gasteiger partial charge < -0.3 is 10.3 Å². The van der Waals surface area contributed by atoms with Crippen molar-refractivity contribution in [2.24, 2.45) is 0 Å². The van der Waals surface area contributed by atoms with Gasteiger partial charge in [0.15, 0.2) is 4.77 Å². The van der Waals surface area contributed by atoms with Crippen molar-refractivity contribution in [1.82, 2.24) is 14.9 Å². The molecule has 0 aliphatic rings. The van der Waals surface area contributed by atoms with Crippen molar-refractivity contribution in [2.75, 3.05) is 6.54 Å². The van der Waals surface area contributed by atoms with E-state index >= 15 is 0 Å². The molecule has 1 amide bonds. The Hall–Kier alpha value is -2.73. The zero-order valence-electron chi connectivity index (χ0n) is 16.2. The van der Waals surface area contributed by atoms with E-state index in [0.29, 0.717) is 22.2 Å². The second kappa shape index (κ2) is 8.97. The van der Waals surface area contributed by atoms with Gasteiger partial charge in [-0.2, -0.15) is 0 Å². The van der Waals surface area contributed by atoms with Crippen LogP contribution in [0.4, 0.5) is 0 Å². The van der Waals surface area contributed by atoms with Gasteiger partial charge in [-0.3, -0.25) is 14.2 Å². The smallest absolute Gasteiger partial charge is 0.262 e. The lowest BCUT2D eigenvalue weighted by atomic mass is 10.0. The van der Waals surface area contributed by atoms with Crippen molar-refractivity contribution in [2.45, 2.75) is 39.7 Å². The molecule has 1 heterocycles. The van der Waals surface area contributed by atoms with E-state index < -0.39 is 0 Å². The number of benzene rings is 2. The monoisotopic (exact) mass is 395 g/mol. The molecule has 6 heteroatoms. The molecule has 0 saturated heterocycles. The maximum Gasteiger partial charge on any atom is 0.262 e. The molecule has 2 N–H and O–H groups in total. The van der Waals surface area contributed by atoms with Crippen LogP contribution in [-0.4, -0.2) is 22.0 Å². The molecule has 0 atom stereocenters. The van der Waals surface area contributed by atoms with Crippen molar-refractivity contribution in [3.8, 4) is 0 Å². The Balaban J connectivity index is 1.51. The molecule has 146 valence electrons. The summed E-state index contributed by atoms with van der Waals surface area (Å²) in [7, 11) is 0. The van der Waals surface area contributed by atoms with Gasteiger partial charge in [0.2, 0.25) is 5.91 Å². The summed E-state index contributed by atoms with van der Waals surface area (Å²) in [5, 5.41) is 3.51. The van der Waals surface area contributed by atoms with Gasteiger partial charge in [0.05, 0.1) is 10.9 Å². The predicted octanol–water partition coefficient (Wildman–Crippen LogP) is 3.82. The third kappa shape index (κ3) is 4.75. The number of nitrogens with zero attached hydrogens (tertiary/aromatic N) is 1. The van der Waals surface area contributed by atoms with Crippen molar-refractivity contribution in [3.05, 3.63) is 74.3 Å². The van der Waals surface area contributed by atoms with Crippen LogP contribution in [0.5, 0.6) is 0 Å². The number of carbonyl (C=O) groups is 1. The Bertz CT molecular complexity index is 1110. The number of hydrogen-bond acceptors (Lipinski definition) is 3. The number of amides is 1. The van der Waals surface area contributed by atoms with E-state index in [9.17, 15) is 9.59 Å². The zero-order chi connectivity index (χ0) is 20.1. The molecular weight excluding hydrogens is 370 g/mol. The minimum absolute atomic E-state index is 0.0740. The molecule has 2 aromatic carbocycles. The molecule has 0 aliphatic heterocycles. The van der Waals surface area contributed by atoms with Crippen LogP contribution in [-0.2, 0) is 17.8 Å². The Labute approximate surface area is 169 Å². The molecule has 0 aliphatic carbocycles. The number of carbonyl (C=O) groups excluding carboxylic acids is 1. The molecule has 5 nitrogen and oxygen atoms in total. The minimum atomic E-state index is -0.165. The molecule has 1 aromatic heterocycles. The number of H-pyrrole nitrogens is 1. The standard InChI is InChI=1S/C22H25N3O2S/c1-15-9-10-17(16(2)14-15)6-5-12-23-20(26)11-13-25-21(27)18-7-3-4-8-19(18)24-22(25)28/h3-4,7-10,14H,5-6,11-13H2,1-2H3,(H,23,26)(H,24,28). The van der Waals surface area contributed by atoms with Crippen molar-refractivity contribution < 1.29 is 4.79 Å². The lowest BCUT2D eigenvalue weighted by Crippen LogP contribution is -2.29. The molecule has 0 bridgehead atoms. The number of aryl methyl sites for hydroxylation is 3. The van der Waals surface area contributed by atoms with Gasteiger partial charge in [0.25, 0.3) is 5.56 Å². The molecule has 28 heavy (non-hydrogen) atoms. The second-order valence-corrected chi connectivity index (χ2v) is 7.45. The van der Waals surface area contributed by atoms with Crippen LogP contribution in [0.2, 0.25) is 0 Å². The third-order valence-corrected chi connectivity index (χ3v) is 5.22. The highest BCUT2D eigenvalue weighted by Crippen LogP contribution is 2.12. The van der Waals surface area contributed by atoms with Crippen LogP contribution >= 0.6 is 12.2 Å². The summed E-state index contributed by atoms with van der Waals surface area (Å²) in [6.07, 6.45) is 2.03. The first-order chi connectivity index (χ1) is 13.5. The number of aromatic nitrogens is 2. The number of fused-ring (bicyclic) bond motifs is 1. The number of hydrogen-bond donors (Lipinski definition) is 2. The normalized spacial score (nSPS) is 10.9. The predicted molar refractivity (Wildman–Crippen MR) is 115 cm³/mol. The molecule has 3 aromatic rings. The average Bonchev–Trinajstić information content (AvgIpc) is 2.66. The summed E-state index contributed by atoms with van der Waals surface area (Å²) in [5.74, 6) is -0.0740. The molecule has 0 unspecified atom stereocenters. The quantitative estimate of drug-likeness (QED) is 0.472. The second-order valence-electron chi connectivity index (χ2n) is 7.07. The third-order valence-electron chi connectivity index (χ3n) is 4.90. The largest absolute Gasteiger partial charge is 0.356 e. The van der Waals surface area contributed by atoms with Crippen LogP contribution in [0.25, 0.3) is 10.9 Å². The maximum absolute atomic E-state index is 12.6. The summed E-state index contributed by atoms with van der Waals surface area (Å²) >= 11 is 5.28. The Morgan fingerprint density at radius 3 is 2.75 bits per heavy atom. The highest BCUT2D eigenvalue weighted by atomic mass is 32.1. The lowest BCUT2D eigenvalue weighted by Gasteiger charge is -2.10. The first kappa shape index (κ1) is 20.0. The average molecular weight is 396 g/mol. The van der Waals surface area contributed by atoms with Crippen LogP contribution in [0, 0.1) is 18.6 Å². The van der Waals surface area contributed by atoms with Crippen LogP contribution in [0.15, 0.2) is 47.3 Å².